The minimum Gasteiger partial charge on any atom is -0.490 e. The van der Waals surface area contributed by atoms with Crippen LogP contribution in [0.15, 0.2) is 18.2 Å². The maximum absolute atomic E-state index is 12.8. The molecule has 0 radical (unpaired) electrons. The van der Waals surface area contributed by atoms with Gasteiger partial charge in [-0.25, -0.2) is 0 Å². The van der Waals surface area contributed by atoms with Gasteiger partial charge in [-0.15, -0.1) is 0 Å². The number of hydrogen-bond donors (Lipinski definition) is 0. The van der Waals surface area contributed by atoms with Gasteiger partial charge in [0, 0.05) is 13.0 Å². The molecule has 1 aliphatic carbocycles. The Bertz CT molecular complexity index is 735. The first kappa shape index (κ1) is 20.5. The van der Waals surface area contributed by atoms with E-state index < -0.39 is 12.0 Å². The number of carbonyl (C=O) groups excluding carboxylic acids is 2. The van der Waals surface area contributed by atoms with Crippen molar-refractivity contribution in [1.82, 2.24) is 9.80 Å². The summed E-state index contributed by atoms with van der Waals surface area (Å²) in [7, 11) is 1.81. The number of nitrogens with zero attached hydrogens (tertiary/aromatic N) is 2. The number of amides is 2. The smallest absolute Gasteiger partial charge is 0.387 e. The van der Waals surface area contributed by atoms with Gasteiger partial charge in [-0.3, -0.25) is 19.4 Å². The van der Waals surface area contributed by atoms with E-state index in [9.17, 15) is 18.4 Å². The molecule has 28 heavy (non-hydrogen) atoms. The molecule has 1 aliphatic heterocycles. The molecule has 2 amide bonds. The summed E-state index contributed by atoms with van der Waals surface area (Å²) in [5.74, 6) is 0.0511. The van der Waals surface area contributed by atoms with E-state index in [0.29, 0.717) is 19.6 Å². The summed E-state index contributed by atoms with van der Waals surface area (Å²) in [4.78, 5) is 28.4. The number of imide groups is 1. The van der Waals surface area contributed by atoms with Crippen molar-refractivity contribution in [3.05, 3.63) is 23.8 Å². The molecule has 1 saturated heterocycles. The molecule has 0 bridgehead atoms. The fourth-order valence-electron chi connectivity index (χ4n) is 4.16. The average Bonchev–Trinajstić information content (AvgIpc) is 3.18. The topological polar surface area (TPSA) is 59.1 Å². The van der Waals surface area contributed by atoms with Crippen LogP contribution in [0, 0.1) is 5.41 Å². The van der Waals surface area contributed by atoms with Gasteiger partial charge in [0.1, 0.15) is 0 Å². The molecule has 1 saturated carbocycles. The lowest BCUT2D eigenvalue weighted by Crippen LogP contribution is -2.41. The minimum absolute atomic E-state index is 0.0173. The van der Waals surface area contributed by atoms with Crippen LogP contribution in [-0.2, 0) is 16.1 Å². The molecule has 3 rings (SSSR count). The first-order valence-electron chi connectivity index (χ1n) is 9.58. The summed E-state index contributed by atoms with van der Waals surface area (Å²) in [6.07, 6.45) is 3.89. The van der Waals surface area contributed by atoms with Crippen molar-refractivity contribution in [2.24, 2.45) is 5.41 Å². The van der Waals surface area contributed by atoms with E-state index in [1.54, 1.807) is 19.1 Å². The molecule has 0 N–H and O–H groups in total. The van der Waals surface area contributed by atoms with E-state index in [2.05, 4.69) is 4.74 Å². The maximum Gasteiger partial charge on any atom is 0.387 e. The molecule has 1 aromatic rings. The van der Waals surface area contributed by atoms with Crippen molar-refractivity contribution < 1.29 is 27.8 Å². The monoisotopic (exact) mass is 396 g/mol. The van der Waals surface area contributed by atoms with Crippen molar-refractivity contribution in [1.29, 1.82) is 0 Å². The van der Waals surface area contributed by atoms with Crippen LogP contribution < -0.4 is 9.47 Å². The van der Waals surface area contributed by atoms with E-state index in [1.807, 2.05) is 11.9 Å². The van der Waals surface area contributed by atoms with E-state index in [1.165, 1.54) is 11.0 Å². The number of carbonyl (C=O) groups is 2. The number of halogens is 2. The van der Waals surface area contributed by atoms with Crippen LogP contribution in [-0.4, -0.2) is 48.5 Å². The molecule has 1 spiro atoms. The molecule has 0 aromatic heterocycles. The summed E-state index contributed by atoms with van der Waals surface area (Å²) >= 11 is 0. The third-order valence-corrected chi connectivity index (χ3v) is 5.41. The second kappa shape index (κ2) is 8.43. The van der Waals surface area contributed by atoms with E-state index in [-0.39, 0.29) is 30.0 Å². The van der Waals surface area contributed by atoms with Gasteiger partial charge in [-0.05, 0) is 44.5 Å². The van der Waals surface area contributed by atoms with Gasteiger partial charge >= 0.3 is 6.61 Å². The first-order chi connectivity index (χ1) is 13.3. The molecule has 8 heteroatoms. The zero-order valence-electron chi connectivity index (χ0n) is 16.2. The molecule has 2 fully saturated rings. The van der Waals surface area contributed by atoms with Crippen LogP contribution >= 0.6 is 0 Å². The fraction of sp³-hybridized carbons (Fsp3) is 0.600. The van der Waals surface area contributed by atoms with Gasteiger partial charge in [0.05, 0.1) is 18.7 Å². The van der Waals surface area contributed by atoms with Crippen LogP contribution in [0.25, 0.3) is 0 Å². The van der Waals surface area contributed by atoms with Gasteiger partial charge in [-0.1, -0.05) is 18.9 Å². The summed E-state index contributed by atoms with van der Waals surface area (Å²) < 4.78 is 34.9. The van der Waals surface area contributed by atoms with Crippen LogP contribution in [0.1, 0.15) is 44.6 Å². The van der Waals surface area contributed by atoms with Gasteiger partial charge in [-0.2, -0.15) is 8.78 Å². The highest BCUT2D eigenvalue weighted by Crippen LogP contribution is 2.46. The third kappa shape index (κ3) is 4.27. The summed E-state index contributed by atoms with van der Waals surface area (Å²) in [6, 6.07) is 4.76. The highest BCUT2D eigenvalue weighted by atomic mass is 19.3. The van der Waals surface area contributed by atoms with E-state index >= 15 is 0 Å². The largest absolute Gasteiger partial charge is 0.490 e. The average molecular weight is 396 g/mol. The Morgan fingerprint density at radius 1 is 1.21 bits per heavy atom. The number of rotatable bonds is 8. The van der Waals surface area contributed by atoms with Crippen molar-refractivity contribution in [3.8, 4) is 11.5 Å². The molecular formula is C20H26F2N2O4. The van der Waals surface area contributed by atoms with Crippen LogP contribution in [0.5, 0.6) is 11.5 Å². The lowest BCUT2D eigenvalue weighted by molar-refractivity contribution is -0.143. The molecule has 1 heterocycles. The Morgan fingerprint density at radius 2 is 1.93 bits per heavy atom. The Kier molecular flexibility index (Phi) is 6.17. The summed E-state index contributed by atoms with van der Waals surface area (Å²) in [5, 5.41) is 0. The number of ether oxygens (including phenoxy) is 2. The molecule has 0 atom stereocenters. The molecule has 0 unspecified atom stereocenters. The molecule has 1 aromatic carbocycles. The third-order valence-electron chi connectivity index (χ3n) is 5.41. The standard InChI is InChI=1S/C20H26F2N2O4/c1-3-27-16-10-14(6-7-15(16)28-19(21)22)12-23(2)13-24-17(25)11-20(18(24)26)8-4-5-9-20/h6-7,10,19H,3-5,8-9,11-13H2,1-2H3. The molecule has 154 valence electrons. The lowest BCUT2D eigenvalue weighted by Gasteiger charge is -2.25. The quantitative estimate of drug-likeness (QED) is 0.631. The fourth-order valence-corrected chi connectivity index (χ4v) is 4.16. The number of likely N-dealkylation sites (tertiary alicyclic amines) is 1. The van der Waals surface area contributed by atoms with Crippen LogP contribution in [0.3, 0.4) is 0 Å². The zero-order chi connectivity index (χ0) is 20.3. The van der Waals surface area contributed by atoms with Gasteiger partial charge in [0.2, 0.25) is 11.8 Å². The highest BCUT2D eigenvalue weighted by molar-refractivity contribution is 6.06. The Morgan fingerprint density at radius 3 is 2.57 bits per heavy atom. The second-order valence-corrected chi connectivity index (χ2v) is 7.54. The predicted octanol–water partition coefficient (Wildman–Crippen LogP) is 3.40. The van der Waals surface area contributed by atoms with Crippen LogP contribution in [0.4, 0.5) is 8.78 Å². The van der Waals surface area contributed by atoms with Crippen LogP contribution in [0.2, 0.25) is 0 Å². The van der Waals surface area contributed by atoms with Gasteiger partial charge < -0.3 is 9.47 Å². The van der Waals surface area contributed by atoms with E-state index in [0.717, 1.165) is 31.2 Å². The lowest BCUT2D eigenvalue weighted by atomic mass is 9.85. The summed E-state index contributed by atoms with van der Waals surface area (Å²) in [6.45, 7) is -0.216. The molecule has 6 nitrogen and oxygen atoms in total. The van der Waals surface area contributed by atoms with Gasteiger partial charge in [0.15, 0.2) is 11.5 Å². The first-order valence-corrected chi connectivity index (χ1v) is 9.58. The zero-order valence-corrected chi connectivity index (χ0v) is 16.2. The molecule has 2 aliphatic rings. The maximum atomic E-state index is 12.8. The van der Waals surface area contributed by atoms with Gasteiger partial charge in [0.25, 0.3) is 0 Å². The number of hydrogen-bond acceptors (Lipinski definition) is 5. The van der Waals surface area contributed by atoms with Crippen molar-refractivity contribution in [2.75, 3.05) is 20.3 Å². The SMILES string of the molecule is CCOc1cc(CN(C)CN2C(=O)CC3(CCCC3)C2=O)ccc1OC(F)F. The van der Waals surface area contributed by atoms with Crippen molar-refractivity contribution in [3.63, 3.8) is 0 Å². The Balaban J connectivity index is 1.66. The van der Waals surface area contributed by atoms with Crippen molar-refractivity contribution >= 4 is 11.8 Å². The highest BCUT2D eigenvalue weighted by Gasteiger charge is 2.52. The van der Waals surface area contributed by atoms with E-state index in [4.69, 9.17) is 4.74 Å². The molecular weight excluding hydrogens is 370 g/mol. The number of alkyl halides is 2. The summed E-state index contributed by atoms with van der Waals surface area (Å²) in [5.41, 5.74) is 0.330. The Hall–Kier alpha value is -2.22. The Labute approximate surface area is 163 Å². The normalized spacial score (nSPS) is 18.7. The van der Waals surface area contributed by atoms with Crippen molar-refractivity contribution in [2.45, 2.75) is 52.2 Å². The number of benzene rings is 1. The minimum atomic E-state index is -2.93. The second-order valence-electron chi connectivity index (χ2n) is 7.54. The predicted molar refractivity (Wildman–Crippen MR) is 97.9 cm³/mol.